The van der Waals surface area contributed by atoms with Crippen LogP contribution in [0.5, 0.6) is 11.5 Å². The van der Waals surface area contributed by atoms with Crippen molar-refractivity contribution in [2.45, 2.75) is 18.9 Å². The molecule has 1 aliphatic heterocycles. The topological polar surface area (TPSA) is 90.4 Å². The second kappa shape index (κ2) is 8.69. The highest BCUT2D eigenvalue weighted by molar-refractivity contribution is 5.92. The molecule has 0 N–H and O–H groups in total. The Bertz CT molecular complexity index is 1300. The van der Waals surface area contributed by atoms with Gasteiger partial charge in [-0.1, -0.05) is 6.07 Å². The van der Waals surface area contributed by atoms with Crippen molar-refractivity contribution in [2.24, 2.45) is 0 Å². The molecule has 0 amide bonds. The van der Waals surface area contributed by atoms with Crippen molar-refractivity contribution in [2.75, 3.05) is 20.3 Å². The average Bonchev–Trinajstić information content (AvgIpc) is 3.30. The highest BCUT2D eigenvalue weighted by Crippen LogP contribution is 2.36. The van der Waals surface area contributed by atoms with Gasteiger partial charge in [-0.25, -0.2) is 0 Å². The number of pyridine rings is 2. The van der Waals surface area contributed by atoms with E-state index < -0.39 is 0 Å². The van der Waals surface area contributed by atoms with Crippen molar-refractivity contribution in [3.63, 3.8) is 0 Å². The molecular formula is C25H21N3O4. The molecule has 3 aromatic heterocycles. The Morgan fingerprint density at radius 3 is 2.75 bits per heavy atom. The number of hydrogen-bond acceptors (Lipinski definition) is 7. The van der Waals surface area contributed by atoms with Crippen molar-refractivity contribution < 1.29 is 18.6 Å². The van der Waals surface area contributed by atoms with E-state index >= 15 is 0 Å². The van der Waals surface area contributed by atoms with Crippen molar-refractivity contribution in [3.05, 3.63) is 60.6 Å². The lowest BCUT2D eigenvalue weighted by molar-refractivity contribution is 0.0254. The molecule has 0 atom stereocenters. The molecule has 7 nitrogen and oxygen atoms in total. The summed E-state index contributed by atoms with van der Waals surface area (Å²) >= 11 is 0. The summed E-state index contributed by atoms with van der Waals surface area (Å²) in [7, 11) is 1.60. The molecule has 0 aliphatic carbocycles. The number of rotatable bonds is 5. The summed E-state index contributed by atoms with van der Waals surface area (Å²) in [5.74, 6) is 1.89. The van der Waals surface area contributed by atoms with E-state index in [1.165, 1.54) is 0 Å². The van der Waals surface area contributed by atoms with Gasteiger partial charge in [0.05, 0.1) is 32.1 Å². The fourth-order valence-corrected chi connectivity index (χ4v) is 3.83. The van der Waals surface area contributed by atoms with Crippen LogP contribution in [0.1, 0.15) is 18.4 Å². The molecule has 4 heterocycles. The lowest BCUT2D eigenvalue weighted by Gasteiger charge is -2.23. The quantitative estimate of drug-likeness (QED) is 0.443. The fourth-order valence-electron chi connectivity index (χ4n) is 3.83. The molecular weight excluding hydrogens is 406 g/mol. The van der Waals surface area contributed by atoms with Crippen LogP contribution in [0.3, 0.4) is 0 Å². The minimum Gasteiger partial charge on any atom is -0.495 e. The molecule has 32 heavy (non-hydrogen) atoms. The number of benzene rings is 1. The van der Waals surface area contributed by atoms with E-state index in [2.05, 4.69) is 16.0 Å². The monoisotopic (exact) mass is 427 g/mol. The lowest BCUT2D eigenvalue weighted by Crippen LogP contribution is -2.26. The third-order valence-electron chi connectivity index (χ3n) is 5.52. The zero-order valence-corrected chi connectivity index (χ0v) is 17.6. The number of hydrogen-bond donors (Lipinski definition) is 0. The lowest BCUT2D eigenvalue weighted by atomic mass is 10.0. The minimum absolute atomic E-state index is 0.0680. The van der Waals surface area contributed by atoms with Gasteiger partial charge in [0.15, 0.2) is 5.58 Å². The number of furan rings is 1. The summed E-state index contributed by atoms with van der Waals surface area (Å²) < 4.78 is 22.9. The van der Waals surface area contributed by atoms with Crippen LogP contribution in [0, 0.1) is 11.3 Å². The Morgan fingerprint density at radius 2 is 1.94 bits per heavy atom. The second-order valence-corrected chi connectivity index (χ2v) is 7.55. The van der Waals surface area contributed by atoms with E-state index in [0.29, 0.717) is 41.6 Å². The van der Waals surface area contributed by atoms with Gasteiger partial charge < -0.3 is 18.6 Å². The van der Waals surface area contributed by atoms with Crippen molar-refractivity contribution >= 4 is 11.1 Å². The first-order valence-corrected chi connectivity index (χ1v) is 10.4. The van der Waals surface area contributed by atoms with E-state index in [1.54, 1.807) is 25.7 Å². The van der Waals surface area contributed by atoms with Gasteiger partial charge in [-0.2, -0.15) is 5.26 Å². The number of aromatic nitrogens is 2. The Morgan fingerprint density at radius 1 is 1.06 bits per heavy atom. The zero-order chi connectivity index (χ0) is 21.9. The molecule has 7 heteroatoms. The maximum absolute atomic E-state index is 9.73. The average molecular weight is 427 g/mol. The summed E-state index contributed by atoms with van der Waals surface area (Å²) in [4.78, 5) is 8.65. The van der Waals surface area contributed by atoms with Crippen LogP contribution in [-0.4, -0.2) is 36.4 Å². The van der Waals surface area contributed by atoms with Gasteiger partial charge in [-0.15, -0.1) is 0 Å². The molecule has 1 aromatic carbocycles. The van der Waals surface area contributed by atoms with Crippen LogP contribution < -0.4 is 9.47 Å². The van der Waals surface area contributed by atoms with Crippen LogP contribution in [0.25, 0.3) is 33.6 Å². The normalized spacial score (nSPS) is 14.2. The maximum atomic E-state index is 9.73. The van der Waals surface area contributed by atoms with E-state index in [9.17, 15) is 5.26 Å². The summed E-state index contributed by atoms with van der Waals surface area (Å²) in [5.41, 5.74) is 4.37. The number of nitrogens with zero attached hydrogens (tertiary/aromatic N) is 3. The second-order valence-electron chi connectivity index (χ2n) is 7.55. The Balaban J connectivity index is 1.51. The molecule has 1 aliphatic rings. The molecule has 1 fully saturated rings. The van der Waals surface area contributed by atoms with Crippen LogP contribution in [0.2, 0.25) is 0 Å². The van der Waals surface area contributed by atoms with Gasteiger partial charge in [0.25, 0.3) is 0 Å². The molecule has 4 aromatic rings. The van der Waals surface area contributed by atoms with Crippen LogP contribution >= 0.6 is 0 Å². The van der Waals surface area contributed by atoms with Gasteiger partial charge in [-0.3, -0.25) is 9.97 Å². The molecule has 0 saturated carbocycles. The number of methoxy groups -OCH3 is 1. The predicted octanol–water partition coefficient (Wildman–Crippen LogP) is 4.99. The SMILES string of the molecule is COc1cncc(-c2cc3nccc(-c4ccc(OC5CCOCC5)c(C#N)c4)c3o2)c1. The van der Waals surface area contributed by atoms with Gasteiger partial charge >= 0.3 is 0 Å². The molecule has 0 spiro atoms. The van der Waals surface area contributed by atoms with Crippen LogP contribution in [0.4, 0.5) is 0 Å². The van der Waals surface area contributed by atoms with E-state index in [4.69, 9.17) is 18.6 Å². The molecule has 160 valence electrons. The molecule has 5 rings (SSSR count). The first-order chi connectivity index (χ1) is 15.7. The first-order valence-electron chi connectivity index (χ1n) is 10.4. The van der Waals surface area contributed by atoms with Gasteiger partial charge in [0, 0.05) is 42.4 Å². The van der Waals surface area contributed by atoms with E-state index in [1.807, 2.05) is 36.4 Å². The summed E-state index contributed by atoms with van der Waals surface area (Å²) in [6.45, 7) is 1.37. The first kappa shape index (κ1) is 20.0. The smallest absolute Gasteiger partial charge is 0.161 e. The summed E-state index contributed by atoms with van der Waals surface area (Å²) in [6, 6.07) is 13.5. The van der Waals surface area contributed by atoms with E-state index in [-0.39, 0.29) is 6.10 Å². The molecule has 1 saturated heterocycles. The molecule has 0 radical (unpaired) electrons. The number of nitriles is 1. The van der Waals surface area contributed by atoms with Crippen molar-refractivity contribution in [1.29, 1.82) is 5.26 Å². The molecule has 0 bridgehead atoms. The largest absolute Gasteiger partial charge is 0.495 e. The van der Waals surface area contributed by atoms with Crippen LogP contribution in [-0.2, 0) is 4.74 Å². The predicted molar refractivity (Wildman–Crippen MR) is 118 cm³/mol. The van der Waals surface area contributed by atoms with Gasteiger partial charge in [0.1, 0.15) is 34.9 Å². The standard InChI is InChI=1S/C25H21N3O4/c1-29-20-11-18(14-27-15-20)24-12-22-25(32-24)21(4-7-28-22)16-2-3-23(17(10-16)13-26)31-19-5-8-30-9-6-19/h2-4,7,10-12,14-15,19H,5-6,8-9H2,1H3. The molecule has 0 unspecified atom stereocenters. The summed E-state index contributed by atoms with van der Waals surface area (Å²) in [6.07, 6.45) is 6.81. The number of ether oxygens (including phenoxy) is 3. The highest BCUT2D eigenvalue weighted by Gasteiger charge is 2.19. The van der Waals surface area contributed by atoms with E-state index in [0.717, 1.165) is 35.0 Å². The fraction of sp³-hybridized carbons (Fsp3) is 0.240. The zero-order valence-electron chi connectivity index (χ0n) is 17.6. The Labute approximate surface area is 185 Å². The van der Waals surface area contributed by atoms with Crippen LogP contribution in [0.15, 0.2) is 59.4 Å². The van der Waals surface area contributed by atoms with Gasteiger partial charge in [0.2, 0.25) is 0 Å². The Kier molecular flexibility index (Phi) is 5.44. The van der Waals surface area contributed by atoms with Gasteiger partial charge in [-0.05, 0) is 29.8 Å². The maximum Gasteiger partial charge on any atom is 0.161 e. The third-order valence-corrected chi connectivity index (χ3v) is 5.52. The third kappa shape index (κ3) is 3.88. The van der Waals surface area contributed by atoms with Crippen molar-refractivity contribution in [1.82, 2.24) is 9.97 Å². The number of fused-ring (bicyclic) bond motifs is 1. The highest BCUT2D eigenvalue weighted by atomic mass is 16.5. The Hall–Kier alpha value is -3.89. The minimum atomic E-state index is 0.0680. The van der Waals surface area contributed by atoms with Crippen molar-refractivity contribution in [3.8, 4) is 40.0 Å². The summed E-state index contributed by atoms with van der Waals surface area (Å²) in [5, 5.41) is 9.73.